The second-order valence-corrected chi connectivity index (χ2v) is 9.65. The van der Waals surface area contributed by atoms with Crippen molar-refractivity contribution in [3.63, 3.8) is 0 Å². The molecule has 0 saturated heterocycles. The van der Waals surface area contributed by atoms with Crippen LogP contribution < -0.4 is 5.32 Å². The van der Waals surface area contributed by atoms with E-state index in [1.807, 2.05) is 48.5 Å². The normalized spacial score (nSPS) is 11.1. The molecule has 1 N–H and O–H groups in total. The number of nitrogens with zero attached hydrogens (tertiary/aromatic N) is 2. The smallest absolute Gasteiger partial charge is 0.164 e. The van der Waals surface area contributed by atoms with Gasteiger partial charge in [-0.2, -0.15) is 0 Å². The van der Waals surface area contributed by atoms with Gasteiger partial charge in [-0.25, -0.2) is 9.97 Å². The first kappa shape index (κ1) is 19.5. The summed E-state index contributed by atoms with van der Waals surface area (Å²) >= 11 is 8.64. The molecular formula is C24H15Br2N3S. The topological polar surface area (TPSA) is 37.8 Å². The molecule has 0 bridgehead atoms. The monoisotopic (exact) mass is 535 g/mol. The largest absolute Gasteiger partial charge is 0.338 e. The Hall–Kier alpha value is -2.41. The Kier molecular flexibility index (Phi) is 5.46. The third-order valence-electron chi connectivity index (χ3n) is 4.62. The second-order valence-electron chi connectivity index (χ2n) is 6.76. The van der Waals surface area contributed by atoms with Crippen molar-refractivity contribution in [2.45, 2.75) is 9.92 Å². The van der Waals surface area contributed by atoms with Crippen molar-refractivity contribution in [2.24, 2.45) is 0 Å². The highest BCUT2D eigenvalue weighted by Crippen LogP contribution is 2.35. The van der Waals surface area contributed by atoms with Gasteiger partial charge in [-0.1, -0.05) is 74.0 Å². The van der Waals surface area contributed by atoms with Crippen molar-refractivity contribution < 1.29 is 0 Å². The first-order chi connectivity index (χ1) is 14.6. The van der Waals surface area contributed by atoms with E-state index in [2.05, 4.69) is 73.6 Å². The molecule has 0 aliphatic rings. The van der Waals surface area contributed by atoms with E-state index in [4.69, 9.17) is 9.97 Å². The van der Waals surface area contributed by atoms with Crippen LogP contribution in [-0.4, -0.2) is 9.97 Å². The average molecular weight is 537 g/mol. The molecule has 0 aliphatic heterocycles. The molecule has 0 amide bonds. The molecule has 0 fully saturated rings. The van der Waals surface area contributed by atoms with Gasteiger partial charge in [0.2, 0.25) is 0 Å². The summed E-state index contributed by atoms with van der Waals surface area (Å²) in [5.74, 6) is 0.741. The lowest BCUT2D eigenvalue weighted by Crippen LogP contribution is -1.99. The minimum atomic E-state index is 0.741. The van der Waals surface area contributed by atoms with Crippen molar-refractivity contribution in [2.75, 3.05) is 5.32 Å². The lowest BCUT2D eigenvalue weighted by atomic mass is 10.1. The third-order valence-corrected chi connectivity index (χ3v) is 6.61. The fraction of sp³-hybridized carbons (Fsp3) is 0. The molecule has 3 nitrogen and oxygen atoms in total. The molecule has 0 unspecified atom stereocenters. The van der Waals surface area contributed by atoms with Crippen LogP contribution in [0.1, 0.15) is 0 Å². The zero-order valence-electron chi connectivity index (χ0n) is 15.6. The minimum Gasteiger partial charge on any atom is -0.338 e. The summed E-state index contributed by atoms with van der Waals surface area (Å²) in [6.45, 7) is 0. The molecule has 5 aromatic rings. The number of nitrogens with one attached hydrogen (secondary N) is 1. The van der Waals surface area contributed by atoms with Crippen LogP contribution in [0.2, 0.25) is 0 Å². The first-order valence-corrected chi connectivity index (χ1v) is 11.7. The Labute approximate surface area is 195 Å². The molecule has 0 spiro atoms. The molecule has 6 heteroatoms. The number of fused-ring (bicyclic) bond motifs is 2. The minimum absolute atomic E-state index is 0.741. The number of hydrogen-bond acceptors (Lipinski definition) is 4. The molecule has 146 valence electrons. The SMILES string of the molecule is Brc1ccc(Nc2nc3cc4ccccc4cc3nc2Sc2cccc(Br)c2)cc1. The molecule has 1 aromatic heterocycles. The summed E-state index contributed by atoms with van der Waals surface area (Å²) in [6.07, 6.45) is 0. The molecule has 4 aromatic carbocycles. The van der Waals surface area contributed by atoms with Crippen molar-refractivity contribution in [1.82, 2.24) is 9.97 Å². The zero-order chi connectivity index (χ0) is 20.5. The quantitative estimate of drug-likeness (QED) is 0.235. The summed E-state index contributed by atoms with van der Waals surface area (Å²) < 4.78 is 2.07. The molecule has 5 rings (SSSR count). The van der Waals surface area contributed by atoms with Gasteiger partial charge in [-0.15, -0.1) is 0 Å². The van der Waals surface area contributed by atoms with Crippen LogP contribution in [0.5, 0.6) is 0 Å². The van der Waals surface area contributed by atoms with E-state index in [1.165, 1.54) is 0 Å². The maximum Gasteiger partial charge on any atom is 0.164 e. The molecule has 0 aliphatic carbocycles. The molecule has 0 atom stereocenters. The van der Waals surface area contributed by atoms with E-state index < -0.39 is 0 Å². The van der Waals surface area contributed by atoms with E-state index in [9.17, 15) is 0 Å². The summed E-state index contributed by atoms with van der Waals surface area (Å²) in [5, 5.41) is 6.59. The maximum atomic E-state index is 4.98. The Morgan fingerprint density at radius 1 is 0.667 bits per heavy atom. The van der Waals surface area contributed by atoms with Crippen LogP contribution >= 0.6 is 43.6 Å². The fourth-order valence-electron chi connectivity index (χ4n) is 3.19. The van der Waals surface area contributed by atoms with Gasteiger partial charge in [0.1, 0.15) is 5.03 Å². The number of rotatable bonds is 4. The van der Waals surface area contributed by atoms with Gasteiger partial charge in [-0.05, 0) is 65.4 Å². The number of benzene rings is 4. The van der Waals surface area contributed by atoms with E-state index in [1.54, 1.807) is 11.8 Å². The van der Waals surface area contributed by atoms with E-state index in [0.29, 0.717) is 0 Å². The van der Waals surface area contributed by atoms with Crippen LogP contribution in [0.3, 0.4) is 0 Å². The number of anilines is 2. The van der Waals surface area contributed by atoms with Gasteiger partial charge in [0.25, 0.3) is 0 Å². The molecule has 30 heavy (non-hydrogen) atoms. The summed E-state index contributed by atoms with van der Waals surface area (Å²) in [5.41, 5.74) is 2.71. The van der Waals surface area contributed by atoms with Gasteiger partial charge < -0.3 is 5.32 Å². The third kappa shape index (κ3) is 4.21. The van der Waals surface area contributed by atoms with Crippen LogP contribution in [0.4, 0.5) is 11.5 Å². The standard InChI is InChI=1S/C24H15Br2N3S/c25-17-8-10-19(11-9-17)27-23-24(30-20-7-3-6-18(26)14-20)29-22-13-16-5-2-1-4-15(16)12-21(22)28-23/h1-14H,(H,27,28). The van der Waals surface area contributed by atoms with Gasteiger partial charge in [0, 0.05) is 19.5 Å². The Morgan fingerprint density at radius 3 is 2.07 bits per heavy atom. The Morgan fingerprint density at radius 2 is 1.37 bits per heavy atom. The van der Waals surface area contributed by atoms with Crippen LogP contribution in [0.15, 0.2) is 104 Å². The molecule has 0 radical (unpaired) electrons. The molecule has 1 heterocycles. The average Bonchev–Trinajstić information content (AvgIpc) is 2.74. The lowest BCUT2D eigenvalue weighted by Gasteiger charge is -2.12. The predicted molar refractivity (Wildman–Crippen MR) is 133 cm³/mol. The van der Waals surface area contributed by atoms with E-state index in [-0.39, 0.29) is 0 Å². The van der Waals surface area contributed by atoms with E-state index in [0.717, 1.165) is 52.2 Å². The van der Waals surface area contributed by atoms with Crippen LogP contribution in [-0.2, 0) is 0 Å². The van der Waals surface area contributed by atoms with Gasteiger partial charge in [-0.3, -0.25) is 0 Å². The number of aromatic nitrogens is 2. The van der Waals surface area contributed by atoms with Crippen molar-refractivity contribution >= 4 is 76.9 Å². The molecule has 0 saturated carbocycles. The summed E-state index contributed by atoms with van der Waals surface area (Å²) in [4.78, 5) is 11.0. The highest BCUT2D eigenvalue weighted by molar-refractivity contribution is 9.10. The first-order valence-electron chi connectivity index (χ1n) is 9.31. The Bertz CT molecular complexity index is 1370. The van der Waals surface area contributed by atoms with Crippen LogP contribution in [0.25, 0.3) is 21.8 Å². The van der Waals surface area contributed by atoms with Gasteiger partial charge in [0.15, 0.2) is 5.82 Å². The summed E-state index contributed by atoms with van der Waals surface area (Å²) in [6, 6.07) is 28.7. The highest BCUT2D eigenvalue weighted by Gasteiger charge is 2.12. The zero-order valence-corrected chi connectivity index (χ0v) is 19.6. The van der Waals surface area contributed by atoms with E-state index >= 15 is 0 Å². The molecular weight excluding hydrogens is 522 g/mol. The van der Waals surface area contributed by atoms with Crippen LogP contribution in [0, 0.1) is 0 Å². The maximum absolute atomic E-state index is 4.98. The number of hydrogen-bond donors (Lipinski definition) is 1. The second kappa shape index (κ2) is 8.38. The van der Waals surface area contributed by atoms with Crippen molar-refractivity contribution in [1.29, 1.82) is 0 Å². The Balaban J connectivity index is 1.64. The number of halogens is 2. The lowest BCUT2D eigenvalue weighted by molar-refractivity contribution is 1.12. The predicted octanol–water partition coefficient (Wildman–Crippen LogP) is 8.20. The van der Waals surface area contributed by atoms with Gasteiger partial charge >= 0.3 is 0 Å². The fourth-order valence-corrected chi connectivity index (χ4v) is 4.90. The van der Waals surface area contributed by atoms with Crippen molar-refractivity contribution in [3.05, 3.63) is 93.9 Å². The summed E-state index contributed by atoms with van der Waals surface area (Å²) in [7, 11) is 0. The van der Waals surface area contributed by atoms with Crippen molar-refractivity contribution in [3.8, 4) is 0 Å². The van der Waals surface area contributed by atoms with Gasteiger partial charge in [0.05, 0.1) is 11.0 Å². The highest BCUT2D eigenvalue weighted by atomic mass is 79.9.